The average molecular weight is 363 g/mol. The van der Waals surface area contributed by atoms with Crippen molar-refractivity contribution < 1.29 is 17.6 Å². The van der Waals surface area contributed by atoms with Gasteiger partial charge in [0.25, 0.3) is 0 Å². The lowest BCUT2D eigenvalue weighted by molar-refractivity contribution is -0.137. The van der Waals surface area contributed by atoms with Gasteiger partial charge in [0.05, 0.1) is 5.56 Å². The lowest BCUT2D eigenvalue weighted by Crippen LogP contribution is -2.19. The Kier molecular flexibility index (Phi) is 5.43. The first kappa shape index (κ1) is 17.5. The van der Waals surface area contributed by atoms with Crippen LogP contribution in [0.1, 0.15) is 11.1 Å². The van der Waals surface area contributed by atoms with Crippen molar-refractivity contribution in [1.82, 2.24) is 0 Å². The molecule has 0 aliphatic carbocycles. The zero-order valence-electron chi connectivity index (χ0n) is 11.5. The minimum Gasteiger partial charge on any atom is -0.332 e. The Morgan fingerprint density at radius 1 is 1.00 bits per heavy atom. The molecule has 0 amide bonds. The molecule has 0 aromatic heterocycles. The van der Waals surface area contributed by atoms with Crippen LogP contribution in [0.3, 0.4) is 0 Å². The Labute approximate surface area is 140 Å². The van der Waals surface area contributed by atoms with Crippen molar-refractivity contribution in [3.05, 3.63) is 58.6 Å². The molecule has 0 atom stereocenters. The van der Waals surface area contributed by atoms with Gasteiger partial charge in [0.1, 0.15) is 6.67 Å². The third-order valence-electron chi connectivity index (χ3n) is 2.83. The summed E-state index contributed by atoms with van der Waals surface area (Å²) < 4.78 is 51.1. The molecule has 0 radical (unpaired) electrons. The highest BCUT2D eigenvalue weighted by Gasteiger charge is 2.31. The SMILES string of the molecule is FCc1cc(NC(=S)Nc2ccc(Cl)cc2)cc(C(F)(F)F)c1. The molecule has 23 heavy (non-hydrogen) atoms. The second-order valence-electron chi connectivity index (χ2n) is 4.64. The van der Waals surface area contributed by atoms with Crippen LogP contribution >= 0.6 is 23.8 Å². The molecule has 0 aliphatic heterocycles. The number of halogens is 5. The third kappa shape index (κ3) is 5.07. The van der Waals surface area contributed by atoms with Gasteiger partial charge >= 0.3 is 6.18 Å². The summed E-state index contributed by atoms with van der Waals surface area (Å²) in [5.74, 6) is 0. The van der Waals surface area contributed by atoms with E-state index in [1.165, 1.54) is 6.07 Å². The summed E-state index contributed by atoms with van der Waals surface area (Å²) in [7, 11) is 0. The predicted octanol–water partition coefficient (Wildman–Crippen LogP) is 5.64. The van der Waals surface area contributed by atoms with Gasteiger partial charge in [-0.05, 0) is 60.2 Å². The van der Waals surface area contributed by atoms with Crippen LogP contribution in [0.4, 0.5) is 28.9 Å². The maximum absolute atomic E-state index is 12.8. The van der Waals surface area contributed by atoms with Crippen LogP contribution in [0.2, 0.25) is 5.02 Å². The van der Waals surface area contributed by atoms with Crippen LogP contribution in [-0.2, 0) is 12.9 Å². The quantitative estimate of drug-likeness (QED) is 0.546. The Hall–Kier alpha value is -1.86. The van der Waals surface area contributed by atoms with Crippen LogP contribution < -0.4 is 10.6 Å². The fraction of sp³-hybridized carbons (Fsp3) is 0.133. The van der Waals surface area contributed by atoms with E-state index in [1.54, 1.807) is 24.3 Å². The Morgan fingerprint density at radius 3 is 2.17 bits per heavy atom. The van der Waals surface area contributed by atoms with Crippen molar-refractivity contribution in [2.75, 3.05) is 10.6 Å². The zero-order chi connectivity index (χ0) is 17.0. The predicted molar refractivity (Wildman–Crippen MR) is 87.6 cm³/mol. The Balaban J connectivity index is 2.15. The Morgan fingerprint density at radius 2 is 1.61 bits per heavy atom. The summed E-state index contributed by atoms with van der Waals surface area (Å²) in [5, 5.41) is 6.03. The van der Waals surface area contributed by atoms with Gasteiger partial charge in [-0.15, -0.1) is 0 Å². The fourth-order valence-corrected chi connectivity index (χ4v) is 2.19. The van der Waals surface area contributed by atoms with E-state index in [0.717, 1.165) is 12.1 Å². The molecule has 0 fully saturated rings. The standard InChI is InChI=1S/C15H11ClF4N2S/c16-11-1-3-12(4-2-11)21-14(23)22-13-6-9(8-17)5-10(7-13)15(18,19)20/h1-7H,8H2,(H2,21,22,23). The third-order valence-corrected chi connectivity index (χ3v) is 3.29. The van der Waals surface area contributed by atoms with Crippen molar-refractivity contribution in [1.29, 1.82) is 0 Å². The topological polar surface area (TPSA) is 24.1 Å². The van der Waals surface area contributed by atoms with E-state index in [0.29, 0.717) is 10.7 Å². The summed E-state index contributed by atoms with van der Waals surface area (Å²) in [6.45, 7) is -1.00. The molecule has 2 rings (SSSR count). The lowest BCUT2D eigenvalue weighted by atomic mass is 10.1. The molecule has 0 unspecified atom stereocenters. The summed E-state index contributed by atoms with van der Waals surface area (Å²) in [4.78, 5) is 0. The molecule has 2 N–H and O–H groups in total. The number of alkyl halides is 4. The molecule has 2 aromatic carbocycles. The van der Waals surface area contributed by atoms with Gasteiger partial charge in [0.15, 0.2) is 5.11 Å². The van der Waals surface area contributed by atoms with E-state index in [4.69, 9.17) is 23.8 Å². The second kappa shape index (κ2) is 7.14. The van der Waals surface area contributed by atoms with Gasteiger partial charge in [-0.2, -0.15) is 13.2 Å². The first-order chi connectivity index (χ1) is 10.8. The minimum absolute atomic E-state index is 0.0546. The van der Waals surface area contributed by atoms with E-state index in [1.807, 2.05) is 0 Å². The molecule has 0 aliphatic rings. The van der Waals surface area contributed by atoms with Gasteiger partial charge < -0.3 is 10.6 Å². The van der Waals surface area contributed by atoms with E-state index in [-0.39, 0.29) is 16.4 Å². The number of nitrogens with one attached hydrogen (secondary N) is 2. The number of thiocarbonyl (C=S) groups is 1. The van der Waals surface area contributed by atoms with Gasteiger partial charge in [-0.3, -0.25) is 0 Å². The minimum atomic E-state index is -4.56. The molecular formula is C15H11ClF4N2S. The lowest BCUT2D eigenvalue weighted by Gasteiger charge is -2.14. The first-order valence-electron chi connectivity index (χ1n) is 6.38. The van der Waals surface area contributed by atoms with E-state index in [9.17, 15) is 17.6 Å². The van der Waals surface area contributed by atoms with E-state index >= 15 is 0 Å². The highest BCUT2D eigenvalue weighted by molar-refractivity contribution is 7.80. The molecule has 122 valence electrons. The van der Waals surface area contributed by atoms with Crippen molar-refractivity contribution in [3.8, 4) is 0 Å². The van der Waals surface area contributed by atoms with Crippen molar-refractivity contribution in [2.45, 2.75) is 12.9 Å². The molecule has 0 saturated heterocycles. The molecule has 0 heterocycles. The maximum atomic E-state index is 12.8. The van der Waals surface area contributed by atoms with Gasteiger partial charge in [-0.1, -0.05) is 11.6 Å². The summed E-state index contributed by atoms with van der Waals surface area (Å²) >= 11 is 10.8. The van der Waals surface area contributed by atoms with Crippen LogP contribution in [-0.4, -0.2) is 5.11 Å². The number of benzene rings is 2. The highest BCUT2D eigenvalue weighted by Crippen LogP contribution is 2.32. The van der Waals surface area contributed by atoms with E-state index in [2.05, 4.69) is 10.6 Å². The molecule has 2 aromatic rings. The summed E-state index contributed by atoms with van der Waals surface area (Å²) in [6, 6.07) is 9.50. The number of anilines is 2. The molecule has 0 spiro atoms. The molecule has 0 bridgehead atoms. The van der Waals surface area contributed by atoms with Crippen molar-refractivity contribution in [2.24, 2.45) is 0 Å². The normalized spacial score (nSPS) is 11.2. The fourth-order valence-electron chi connectivity index (χ4n) is 1.83. The van der Waals surface area contributed by atoms with Gasteiger partial charge in [-0.25, -0.2) is 4.39 Å². The summed E-state index contributed by atoms with van der Waals surface area (Å²) in [5.41, 5.74) is -0.357. The number of rotatable bonds is 3. The van der Waals surface area contributed by atoms with Gasteiger partial charge in [0.2, 0.25) is 0 Å². The van der Waals surface area contributed by atoms with Crippen LogP contribution in [0.5, 0.6) is 0 Å². The first-order valence-corrected chi connectivity index (χ1v) is 7.17. The second-order valence-corrected chi connectivity index (χ2v) is 5.48. The zero-order valence-corrected chi connectivity index (χ0v) is 13.1. The maximum Gasteiger partial charge on any atom is 0.416 e. The van der Waals surface area contributed by atoms with Crippen molar-refractivity contribution in [3.63, 3.8) is 0 Å². The van der Waals surface area contributed by atoms with E-state index < -0.39 is 18.4 Å². The molecule has 0 saturated carbocycles. The molecular weight excluding hydrogens is 352 g/mol. The monoisotopic (exact) mass is 362 g/mol. The van der Waals surface area contributed by atoms with Crippen LogP contribution in [0.25, 0.3) is 0 Å². The van der Waals surface area contributed by atoms with Crippen LogP contribution in [0.15, 0.2) is 42.5 Å². The average Bonchev–Trinajstić information content (AvgIpc) is 2.48. The van der Waals surface area contributed by atoms with Crippen molar-refractivity contribution >= 4 is 40.3 Å². The number of hydrogen-bond donors (Lipinski definition) is 2. The Bertz CT molecular complexity index is 702. The highest BCUT2D eigenvalue weighted by atomic mass is 35.5. The largest absolute Gasteiger partial charge is 0.416 e. The van der Waals surface area contributed by atoms with Crippen LogP contribution in [0, 0.1) is 0 Å². The molecule has 8 heteroatoms. The number of hydrogen-bond acceptors (Lipinski definition) is 1. The summed E-state index contributed by atoms with van der Waals surface area (Å²) in [6.07, 6.45) is -4.56. The van der Waals surface area contributed by atoms with Gasteiger partial charge in [0, 0.05) is 16.4 Å². The molecule has 2 nitrogen and oxygen atoms in total. The smallest absolute Gasteiger partial charge is 0.332 e.